The van der Waals surface area contributed by atoms with E-state index < -0.39 is 17.6 Å². The summed E-state index contributed by atoms with van der Waals surface area (Å²) in [5.41, 5.74) is 1.28. The highest BCUT2D eigenvalue weighted by atomic mass is 16.5. The number of rotatable bonds is 9. The van der Waals surface area contributed by atoms with Gasteiger partial charge >= 0.3 is 11.9 Å². The van der Waals surface area contributed by atoms with Crippen molar-refractivity contribution in [2.24, 2.45) is 28.6 Å². The minimum atomic E-state index is -0.610. The third-order valence-corrected chi connectivity index (χ3v) is 8.25. The lowest BCUT2D eigenvalue weighted by Crippen LogP contribution is -2.58. The molecule has 2 rings (SSSR count). The second kappa shape index (κ2) is 11.2. The molecule has 2 aliphatic carbocycles. The van der Waals surface area contributed by atoms with Crippen molar-refractivity contribution < 1.29 is 29.3 Å². The van der Waals surface area contributed by atoms with Crippen LogP contribution in [0.2, 0.25) is 0 Å². The van der Waals surface area contributed by atoms with Gasteiger partial charge in [-0.1, -0.05) is 39.8 Å². The number of aliphatic hydroxyl groups excluding tert-OH is 2. The summed E-state index contributed by atoms with van der Waals surface area (Å²) in [7, 11) is 0. The lowest BCUT2D eigenvalue weighted by atomic mass is 9.45. The summed E-state index contributed by atoms with van der Waals surface area (Å²) >= 11 is 0. The zero-order valence-corrected chi connectivity index (χ0v) is 21.4. The van der Waals surface area contributed by atoms with Crippen LogP contribution < -0.4 is 0 Å². The van der Waals surface area contributed by atoms with Gasteiger partial charge in [0.1, 0.15) is 6.61 Å². The van der Waals surface area contributed by atoms with Crippen LogP contribution in [-0.2, 0) is 19.1 Å². The average molecular weight is 465 g/mol. The predicted octanol–water partition coefficient (Wildman–Crippen LogP) is 4.59. The highest BCUT2D eigenvalue weighted by Gasteiger charge is 2.58. The number of hydrogen-bond donors (Lipinski definition) is 2. The predicted molar refractivity (Wildman–Crippen MR) is 128 cm³/mol. The van der Waals surface area contributed by atoms with Gasteiger partial charge in [0, 0.05) is 12.3 Å². The summed E-state index contributed by atoms with van der Waals surface area (Å²) in [6, 6.07) is 0. The van der Waals surface area contributed by atoms with Crippen molar-refractivity contribution in [3.63, 3.8) is 0 Å². The Labute approximate surface area is 199 Å². The molecule has 0 unspecified atom stereocenters. The maximum atomic E-state index is 11.9. The van der Waals surface area contributed by atoms with Crippen LogP contribution in [0.25, 0.3) is 0 Å². The lowest BCUT2D eigenvalue weighted by molar-refractivity contribution is -0.167. The third-order valence-electron chi connectivity index (χ3n) is 8.25. The van der Waals surface area contributed by atoms with Crippen LogP contribution in [0.5, 0.6) is 0 Å². The van der Waals surface area contributed by atoms with Crippen molar-refractivity contribution in [2.45, 2.75) is 92.3 Å². The van der Waals surface area contributed by atoms with E-state index in [9.17, 15) is 19.8 Å². The fourth-order valence-corrected chi connectivity index (χ4v) is 6.16. The van der Waals surface area contributed by atoms with Crippen molar-refractivity contribution in [3.8, 4) is 0 Å². The largest absolute Gasteiger partial charge is 0.465 e. The van der Waals surface area contributed by atoms with Crippen molar-refractivity contribution in [1.29, 1.82) is 0 Å². The topological polar surface area (TPSA) is 93.1 Å². The summed E-state index contributed by atoms with van der Waals surface area (Å²) in [6.45, 7) is 16.3. The van der Waals surface area contributed by atoms with Gasteiger partial charge in [-0.2, -0.15) is 0 Å². The maximum Gasteiger partial charge on any atom is 0.308 e. The molecule has 0 heterocycles. The van der Waals surface area contributed by atoms with Crippen LogP contribution in [0, 0.1) is 28.6 Å². The molecule has 0 aromatic heterocycles. The standard InChI is InChI=1S/C27H44O6/c1-8-18(3)25(31)32-12-11-17(2)9-10-22-19(4)23(30)13-24-26(6,16-33-20(5)28)14-21(29)15-27(22,24)7/h11,18,21-24,29-30H,4,8-10,12-16H2,1-3,5-7H3/b17-11+/t18-,21-,22+,23+,24+,26-,27-/m1/s1. The van der Waals surface area contributed by atoms with E-state index in [0.29, 0.717) is 19.3 Å². The van der Waals surface area contributed by atoms with Crippen LogP contribution in [0.15, 0.2) is 23.8 Å². The summed E-state index contributed by atoms with van der Waals surface area (Å²) in [6.07, 6.45) is 4.94. The van der Waals surface area contributed by atoms with E-state index in [2.05, 4.69) is 20.4 Å². The number of fused-ring (bicyclic) bond motifs is 1. The van der Waals surface area contributed by atoms with Gasteiger partial charge in [-0.25, -0.2) is 0 Å². The van der Waals surface area contributed by atoms with E-state index in [1.165, 1.54) is 6.92 Å². The Morgan fingerprint density at radius 3 is 2.48 bits per heavy atom. The molecule has 7 atom stereocenters. The minimum absolute atomic E-state index is 0.0314. The van der Waals surface area contributed by atoms with Gasteiger partial charge in [0.05, 0.1) is 24.7 Å². The smallest absolute Gasteiger partial charge is 0.308 e. The Hall–Kier alpha value is -1.66. The zero-order chi connectivity index (χ0) is 25.0. The fraction of sp³-hybridized carbons (Fsp3) is 0.778. The van der Waals surface area contributed by atoms with E-state index in [0.717, 1.165) is 30.4 Å². The molecule has 6 heteroatoms. The molecular weight excluding hydrogens is 420 g/mol. The summed E-state index contributed by atoms with van der Waals surface area (Å²) in [4.78, 5) is 23.4. The SMILES string of the molecule is C=C1[C@@H](O)C[C@H]2[C@@](C)(COC(C)=O)C[C@@H](O)C[C@]2(C)[C@H]1CC/C(C)=C/COC(=O)[C@H](C)CC. The molecule has 2 fully saturated rings. The van der Waals surface area contributed by atoms with E-state index in [1.807, 2.05) is 26.8 Å². The molecule has 33 heavy (non-hydrogen) atoms. The molecular formula is C27H44O6. The molecule has 0 aromatic rings. The first-order valence-corrected chi connectivity index (χ1v) is 12.3. The maximum absolute atomic E-state index is 11.9. The minimum Gasteiger partial charge on any atom is -0.465 e. The second-order valence-electron chi connectivity index (χ2n) is 11.0. The van der Waals surface area contributed by atoms with Crippen LogP contribution in [-0.4, -0.2) is 47.6 Å². The van der Waals surface area contributed by atoms with E-state index >= 15 is 0 Å². The van der Waals surface area contributed by atoms with Gasteiger partial charge in [-0.3, -0.25) is 9.59 Å². The second-order valence-corrected chi connectivity index (χ2v) is 11.0. The molecule has 0 aliphatic heterocycles. The number of allylic oxidation sites excluding steroid dienone is 1. The number of hydrogen-bond acceptors (Lipinski definition) is 6. The van der Waals surface area contributed by atoms with Crippen molar-refractivity contribution in [3.05, 3.63) is 23.8 Å². The molecule has 0 spiro atoms. The van der Waals surface area contributed by atoms with Crippen LogP contribution in [0.1, 0.15) is 80.1 Å². The van der Waals surface area contributed by atoms with Crippen LogP contribution in [0.3, 0.4) is 0 Å². The molecule has 0 saturated heterocycles. The van der Waals surface area contributed by atoms with Crippen LogP contribution >= 0.6 is 0 Å². The average Bonchev–Trinajstić information content (AvgIpc) is 2.73. The number of aliphatic hydroxyl groups is 2. The van der Waals surface area contributed by atoms with Gasteiger partial charge in [-0.15, -0.1) is 0 Å². The molecule has 0 amide bonds. The van der Waals surface area contributed by atoms with Gasteiger partial charge in [0.15, 0.2) is 0 Å². The highest BCUT2D eigenvalue weighted by molar-refractivity contribution is 5.71. The highest BCUT2D eigenvalue weighted by Crippen LogP contribution is 2.62. The summed E-state index contributed by atoms with van der Waals surface area (Å²) in [5.74, 6) is -0.474. The quantitative estimate of drug-likeness (QED) is 0.383. The van der Waals surface area contributed by atoms with E-state index in [1.54, 1.807) is 0 Å². The lowest BCUT2D eigenvalue weighted by Gasteiger charge is -2.60. The molecule has 6 nitrogen and oxygen atoms in total. The normalized spacial score (nSPS) is 35.5. The molecule has 2 saturated carbocycles. The van der Waals surface area contributed by atoms with Crippen molar-refractivity contribution in [1.82, 2.24) is 0 Å². The van der Waals surface area contributed by atoms with E-state index in [-0.39, 0.29) is 48.3 Å². The Morgan fingerprint density at radius 2 is 1.88 bits per heavy atom. The first kappa shape index (κ1) is 27.6. The molecule has 2 aliphatic rings. The van der Waals surface area contributed by atoms with Gasteiger partial charge < -0.3 is 19.7 Å². The number of carbonyl (C=O) groups excluding carboxylic acids is 2. The van der Waals surface area contributed by atoms with E-state index in [4.69, 9.17) is 9.47 Å². The van der Waals surface area contributed by atoms with Crippen molar-refractivity contribution in [2.75, 3.05) is 13.2 Å². The monoisotopic (exact) mass is 464 g/mol. The first-order valence-electron chi connectivity index (χ1n) is 12.3. The Balaban J connectivity index is 2.15. The van der Waals surface area contributed by atoms with Gasteiger partial charge in [0.2, 0.25) is 0 Å². The van der Waals surface area contributed by atoms with Gasteiger partial charge in [0.25, 0.3) is 0 Å². The Morgan fingerprint density at radius 1 is 1.21 bits per heavy atom. The third kappa shape index (κ3) is 6.48. The molecule has 0 bridgehead atoms. The summed E-state index contributed by atoms with van der Waals surface area (Å²) in [5, 5.41) is 21.7. The molecule has 2 N–H and O–H groups in total. The van der Waals surface area contributed by atoms with Crippen molar-refractivity contribution >= 4 is 11.9 Å². The van der Waals surface area contributed by atoms with Gasteiger partial charge in [-0.05, 0) is 74.3 Å². The number of esters is 2. The first-order chi connectivity index (χ1) is 15.3. The molecule has 188 valence electrons. The Bertz CT molecular complexity index is 758. The van der Waals surface area contributed by atoms with Crippen LogP contribution in [0.4, 0.5) is 0 Å². The molecule has 0 aromatic carbocycles. The number of ether oxygens (including phenoxy) is 2. The Kier molecular flexibility index (Phi) is 9.34. The number of carbonyl (C=O) groups is 2. The summed E-state index contributed by atoms with van der Waals surface area (Å²) < 4.78 is 10.7. The zero-order valence-electron chi connectivity index (χ0n) is 21.4. The molecule has 0 radical (unpaired) electrons. The fourth-order valence-electron chi connectivity index (χ4n) is 6.16.